The van der Waals surface area contributed by atoms with Gasteiger partial charge in [0, 0.05) is 12.2 Å². The van der Waals surface area contributed by atoms with Crippen molar-refractivity contribution in [2.24, 2.45) is 0 Å². The number of nitrogens with zero attached hydrogens (tertiary/aromatic N) is 2. The van der Waals surface area contributed by atoms with Crippen LogP contribution in [-0.2, 0) is 4.79 Å². The van der Waals surface area contributed by atoms with Gasteiger partial charge in [-0.15, -0.1) is 12.4 Å². The van der Waals surface area contributed by atoms with Gasteiger partial charge in [-0.2, -0.15) is 0 Å². The van der Waals surface area contributed by atoms with Gasteiger partial charge in [0.1, 0.15) is 0 Å². The number of amides is 1. The topological polar surface area (TPSA) is 23.6 Å². The molecule has 1 aliphatic heterocycles. The molecule has 2 atom stereocenters. The van der Waals surface area contributed by atoms with E-state index in [1.165, 1.54) is 0 Å². The number of para-hydroxylation sites is 1. The zero-order chi connectivity index (χ0) is 12.4. The molecule has 1 aliphatic rings. The molecule has 0 spiro atoms. The first-order valence-corrected chi connectivity index (χ1v) is 6.30. The molecule has 1 amide bonds. The zero-order valence-corrected chi connectivity index (χ0v) is 12.0. The van der Waals surface area contributed by atoms with Crippen LogP contribution in [0.3, 0.4) is 0 Å². The van der Waals surface area contributed by atoms with E-state index in [0.717, 1.165) is 18.7 Å². The second-order valence-corrected chi connectivity index (χ2v) is 4.59. The molecule has 100 valence electrons. The monoisotopic (exact) mass is 268 g/mol. The molecule has 4 heteroatoms. The lowest BCUT2D eigenvalue weighted by Gasteiger charge is -2.27. The van der Waals surface area contributed by atoms with Crippen LogP contribution in [0.4, 0.5) is 5.69 Å². The Hall–Kier alpha value is -1.06. The first kappa shape index (κ1) is 15.0. The molecule has 18 heavy (non-hydrogen) atoms. The number of halogens is 1. The van der Waals surface area contributed by atoms with Crippen molar-refractivity contribution in [1.82, 2.24) is 4.90 Å². The third-order valence-corrected chi connectivity index (χ3v) is 3.46. The number of hydrogen-bond donors (Lipinski definition) is 0. The minimum Gasteiger partial charge on any atom is -0.295 e. The first-order chi connectivity index (χ1) is 8.16. The maximum atomic E-state index is 12.3. The van der Waals surface area contributed by atoms with Crippen LogP contribution in [0.25, 0.3) is 0 Å². The van der Waals surface area contributed by atoms with E-state index in [1.54, 1.807) is 0 Å². The Morgan fingerprint density at radius 3 is 2.33 bits per heavy atom. The molecule has 0 aromatic heterocycles. The molecule has 1 heterocycles. The van der Waals surface area contributed by atoms with Crippen molar-refractivity contribution >= 4 is 24.0 Å². The van der Waals surface area contributed by atoms with Crippen molar-refractivity contribution in [3.8, 4) is 0 Å². The second-order valence-electron chi connectivity index (χ2n) is 4.59. The molecule has 1 saturated heterocycles. The minimum absolute atomic E-state index is 0. The first-order valence-electron chi connectivity index (χ1n) is 6.30. The molecule has 0 aliphatic carbocycles. The summed E-state index contributed by atoms with van der Waals surface area (Å²) >= 11 is 0. The molecule has 3 nitrogen and oxygen atoms in total. The molecule has 0 N–H and O–H groups in total. The molecule has 0 saturated carbocycles. The Bertz CT molecular complexity index is 396. The van der Waals surface area contributed by atoms with Gasteiger partial charge in [-0.3, -0.25) is 14.6 Å². The van der Waals surface area contributed by atoms with Gasteiger partial charge < -0.3 is 0 Å². The predicted octanol–water partition coefficient (Wildman–Crippen LogP) is 2.90. The lowest BCUT2D eigenvalue weighted by molar-refractivity contribution is -0.119. The van der Waals surface area contributed by atoms with Crippen molar-refractivity contribution in [2.75, 3.05) is 11.4 Å². The third-order valence-electron chi connectivity index (χ3n) is 3.46. The molecule has 1 fully saturated rings. The minimum atomic E-state index is -0.00911. The SMILES string of the molecule is CCCN1C(C)C(=O)N(c2ccccc2)C1C.Cl. The quantitative estimate of drug-likeness (QED) is 0.842. The van der Waals surface area contributed by atoms with Crippen LogP contribution in [0.5, 0.6) is 0 Å². The summed E-state index contributed by atoms with van der Waals surface area (Å²) in [6.45, 7) is 7.22. The second kappa shape index (κ2) is 6.21. The number of hydrogen-bond acceptors (Lipinski definition) is 2. The van der Waals surface area contributed by atoms with Crippen molar-refractivity contribution < 1.29 is 4.79 Å². The highest BCUT2D eigenvalue weighted by Crippen LogP contribution is 2.27. The van der Waals surface area contributed by atoms with E-state index in [9.17, 15) is 4.79 Å². The highest BCUT2D eigenvalue weighted by Gasteiger charge is 2.41. The highest BCUT2D eigenvalue weighted by atomic mass is 35.5. The van der Waals surface area contributed by atoms with E-state index in [1.807, 2.05) is 42.2 Å². The van der Waals surface area contributed by atoms with Crippen LogP contribution in [0.2, 0.25) is 0 Å². The van der Waals surface area contributed by atoms with E-state index in [4.69, 9.17) is 0 Å². The highest BCUT2D eigenvalue weighted by molar-refractivity contribution is 5.99. The molecule has 1 aromatic rings. The number of benzene rings is 1. The molecule has 2 unspecified atom stereocenters. The van der Waals surface area contributed by atoms with Gasteiger partial charge in [-0.05, 0) is 32.4 Å². The predicted molar refractivity (Wildman–Crippen MR) is 77.1 cm³/mol. The Morgan fingerprint density at radius 2 is 1.78 bits per heavy atom. The fourth-order valence-electron chi connectivity index (χ4n) is 2.57. The van der Waals surface area contributed by atoms with E-state index in [2.05, 4.69) is 18.7 Å². The van der Waals surface area contributed by atoms with Crippen molar-refractivity contribution in [3.05, 3.63) is 30.3 Å². The zero-order valence-electron chi connectivity index (χ0n) is 11.2. The lowest BCUT2D eigenvalue weighted by Crippen LogP contribution is -2.38. The van der Waals surface area contributed by atoms with Gasteiger partial charge in [0.05, 0.1) is 12.2 Å². The summed E-state index contributed by atoms with van der Waals surface area (Å²) in [6.07, 6.45) is 1.23. The van der Waals surface area contributed by atoms with E-state index >= 15 is 0 Å². The molecule has 0 bridgehead atoms. The summed E-state index contributed by atoms with van der Waals surface area (Å²) in [5.41, 5.74) is 0.996. The normalized spacial score (nSPS) is 24.2. The fraction of sp³-hybridized carbons (Fsp3) is 0.500. The van der Waals surface area contributed by atoms with Gasteiger partial charge in [0.15, 0.2) is 0 Å². The average molecular weight is 269 g/mol. The summed E-state index contributed by atoms with van der Waals surface area (Å²) in [5.74, 6) is 0.206. The maximum Gasteiger partial charge on any atom is 0.245 e. The molecule has 2 rings (SSSR count). The van der Waals surface area contributed by atoms with Crippen LogP contribution < -0.4 is 4.90 Å². The number of rotatable bonds is 3. The van der Waals surface area contributed by atoms with Crippen LogP contribution in [-0.4, -0.2) is 29.6 Å². The van der Waals surface area contributed by atoms with Crippen molar-refractivity contribution in [1.29, 1.82) is 0 Å². The molecule has 1 aromatic carbocycles. The summed E-state index contributed by atoms with van der Waals surface area (Å²) < 4.78 is 0. The number of carbonyl (C=O) groups is 1. The average Bonchev–Trinajstić information content (AvgIpc) is 2.55. The Labute approximate surface area is 115 Å². The summed E-state index contributed by atoms with van der Waals surface area (Å²) in [4.78, 5) is 16.4. The van der Waals surface area contributed by atoms with Gasteiger partial charge in [-0.25, -0.2) is 0 Å². The van der Waals surface area contributed by atoms with Gasteiger partial charge in [-0.1, -0.05) is 25.1 Å². The molecular weight excluding hydrogens is 248 g/mol. The van der Waals surface area contributed by atoms with Gasteiger partial charge >= 0.3 is 0 Å². The van der Waals surface area contributed by atoms with E-state index in [-0.39, 0.29) is 30.5 Å². The van der Waals surface area contributed by atoms with Gasteiger partial charge in [0.2, 0.25) is 5.91 Å². The standard InChI is InChI=1S/C14H20N2O.ClH/c1-4-10-15-11(2)14(17)16(12(15)3)13-8-6-5-7-9-13;/h5-9,11-12H,4,10H2,1-3H3;1H. The van der Waals surface area contributed by atoms with Gasteiger partial charge in [0.25, 0.3) is 0 Å². The smallest absolute Gasteiger partial charge is 0.245 e. The van der Waals surface area contributed by atoms with Crippen molar-refractivity contribution in [2.45, 2.75) is 39.4 Å². The van der Waals surface area contributed by atoms with Crippen molar-refractivity contribution in [3.63, 3.8) is 0 Å². The Morgan fingerprint density at radius 1 is 1.17 bits per heavy atom. The number of carbonyl (C=O) groups excluding carboxylic acids is 1. The third kappa shape index (κ3) is 2.52. The lowest BCUT2D eigenvalue weighted by atomic mass is 10.2. The maximum absolute atomic E-state index is 12.3. The summed E-state index contributed by atoms with van der Waals surface area (Å²) in [7, 11) is 0. The summed E-state index contributed by atoms with van der Waals surface area (Å²) in [5, 5.41) is 0. The molecular formula is C14H21ClN2O. The largest absolute Gasteiger partial charge is 0.295 e. The molecule has 0 radical (unpaired) electrons. The van der Waals surface area contributed by atoms with Crippen LogP contribution in [0.15, 0.2) is 30.3 Å². The van der Waals surface area contributed by atoms with Crippen LogP contribution in [0.1, 0.15) is 27.2 Å². The number of anilines is 1. The van der Waals surface area contributed by atoms with E-state index in [0.29, 0.717) is 0 Å². The van der Waals surface area contributed by atoms with E-state index < -0.39 is 0 Å². The Balaban J connectivity index is 0.00000162. The summed E-state index contributed by atoms with van der Waals surface area (Å²) in [6, 6.07) is 9.91. The van der Waals surface area contributed by atoms with Crippen LogP contribution >= 0.6 is 12.4 Å². The van der Waals surface area contributed by atoms with Crippen LogP contribution in [0, 0.1) is 0 Å². The fourth-order valence-corrected chi connectivity index (χ4v) is 2.57. The Kier molecular flexibility index (Phi) is 5.17.